The normalized spacial score (nSPS) is 16.3. The Balaban J connectivity index is 1.67. The predicted octanol–water partition coefficient (Wildman–Crippen LogP) is 2.51. The number of fused-ring (bicyclic) bond motifs is 1. The second-order valence-electron chi connectivity index (χ2n) is 9.32. The molecule has 10 nitrogen and oxygen atoms in total. The molecule has 0 bridgehead atoms. The summed E-state index contributed by atoms with van der Waals surface area (Å²) in [6, 6.07) is 13.8. The van der Waals surface area contributed by atoms with Gasteiger partial charge in [-0.1, -0.05) is 30.3 Å². The van der Waals surface area contributed by atoms with Crippen molar-refractivity contribution >= 4 is 32.9 Å². The molecule has 0 atom stereocenters. The molecule has 2 aromatic carbocycles. The fraction of sp³-hybridized carbons (Fsp3) is 0.440. The number of methoxy groups -OCH3 is 2. The highest BCUT2D eigenvalue weighted by Gasteiger charge is 2.41. The Bertz CT molecular complexity index is 1330. The summed E-state index contributed by atoms with van der Waals surface area (Å²) in [7, 11) is 4.75. The number of piperidine rings is 1. The van der Waals surface area contributed by atoms with E-state index in [9.17, 15) is 8.42 Å². The summed E-state index contributed by atoms with van der Waals surface area (Å²) in [5, 5.41) is 0.685. The first-order chi connectivity index (χ1) is 17.1. The molecule has 1 aliphatic rings. The van der Waals surface area contributed by atoms with Gasteiger partial charge in [0.2, 0.25) is 5.95 Å². The monoisotopic (exact) mass is 514 g/mol. The number of hydrogen-bond acceptors (Lipinski definition) is 8. The Morgan fingerprint density at radius 3 is 2.19 bits per heavy atom. The van der Waals surface area contributed by atoms with Crippen LogP contribution in [0.2, 0.25) is 0 Å². The molecule has 1 saturated heterocycles. The quantitative estimate of drug-likeness (QED) is 0.488. The zero-order valence-electron chi connectivity index (χ0n) is 21.4. The minimum absolute atomic E-state index is 0.279. The van der Waals surface area contributed by atoms with Crippen LogP contribution in [0.3, 0.4) is 0 Å². The topological polar surface area (TPSA) is 114 Å². The van der Waals surface area contributed by atoms with Gasteiger partial charge >= 0.3 is 0 Å². The van der Waals surface area contributed by atoms with E-state index < -0.39 is 10.2 Å². The maximum Gasteiger partial charge on any atom is 0.281 e. The third kappa shape index (κ3) is 4.78. The van der Waals surface area contributed by atoms with Crippen molar-refractivity contribution in [2.24, 2.45) is 0 Å². The van der Waals surface area contributed by atoms with Gasteiger partial charge in [-0.05, 0) is 24.5 Å². The van der Waals surface area contributed by atoms with E-state index >= 15 is 0 Å². The van der Waals surface area contributed by atoms with E-state index in [0.717, 1.165) is 0 Å². The van der Waals surface area contributed by atoms with E-state index in [-0.39, 0.29) is 5.41 Å². The Kier molecular flexibility index (Phi) is 7.26. The van der Waals surface area contributed by atoms with Gasteiger partial charge in [0.1, 0.15) is 5.82 Å². The summed E-state index contributed by atoms with van der Waals surface area (Å²) in [5.41, 5.74) is 7.87. The number of ether oxygens (including phenoxy) is 2. The molecular formula is C25H34N6O4S. The van der Waals surface area contributed by atoms with Crippen molar-refractivity contribution in [2.45, 2.75) is 18.3 Å². The number of benzene rings is 2. The largest absolute Gasteiger partial charge is 0.493 e. The van der Waals surface area contributed by atoms with Crippen LogP contribution in [0.4, 0.5) is 11.8 Å². The van der Waals surface area contributed by atoms with Crippen molar-refractivity contribution in [3.63, 3.8) is 0 Å². The second-order valence-corrected chi connectivity index (χ2v) is 11.5. The molecular weight excluding hydrogens is 480 g/mol. The molecule has 2 heterocycles. The summed E-state index contributed by atoms with van der Waals surface area (Å²) in [6.07, 6.45) is 1.34. The van der Waals surface area contributed by atoms with E-state index in [1.165, 1.54) is 9.87 Å². The molecule has 0 unspecified atom stereocenters. The summed E-state index contributed by atoms with van der Waals surface area (Å²) in [4.78, 5) is 11.4. The Hall–Kier alpha value is -3.15. The first-order valence-corrected chi connectivity index (χ1v) is 13.1. The van der Waals surface area contributed by atoms with Gasteiger partial charge in [-0.3, -0.25) is 0 Å². The van der Waals surface area contributed by atoms with Crippen molar-refractivity contribution in [1.29, 1.82) is 0 Å². The van der Waals surface area contributed by atoms with Gasteiger partial charge < -0.3 is 20.1 Å². The van der Waals surface area contributed by atoms with E-state index in [2.05, 4.69) is 17.1 Å². The number of anilines is 2. The summed E-state index contributed by atoms with van der Waals surface area (Å²) in [5.74, 6) is 1.96. The van der Waals surface area contributed by atoms with E-state index in [0.29, 0.717) is 66.6 Å². The molecule has 0 aliphatic carbocycles. The Morgan fingerprint density at radius 2 is 1.61 bits per heavy atom. The molecule has 4 rings (SSSR count). The van der Waals surface area contributed by atoms with Crippen LogP contribution in [0, 0.1) is 0 Å². The van der Waals surface area contributed by atoms with E-state index in [1.807, 2.05) is 30.1 Å². The van der Waals surface area contributed by atoms with Crippen LogP contribution < -0.4 is 20.1 Å². The predicted molar refractivity (Wildman–Crippen MR) is 142 cm³/mol. The number of nitrogens with two attached hydrogens (primary N) is 1. The smallest absolute Gasteiger partial charge is 0.281 e. The lowest BCUT2D eigenvalue weighted by atomic mass is 9.73. The third-order valence-electron chi connectivity index (χ3n) is 6.95. The lowest BCUT2D eigenvalue weighted by Gasteiger charge is -2.44. The lowest BCUT2D eigenvalue weighted by Crippen LogP contribution is -2.52. The van der Waals surface area contributed by atoms with Gasteiger partial charge in [0.05, 0.1) is 19.7 Å². The average molecular weight is 515 g/mol. The molecule has 0 spiro atoms. The van der Waals surface area contributed by atoms with E-state index in [1.54, 1.807) is 44.8 Å². The molecule has 1 aromatic heterocycles. The minimum Gasteiger partial charge on any atom is -0.493 e. The zero-order valence-corrected chi connectivity index (χ0v) is 22.2. The van der Waals surface area contributed by atoms with Crippen molar-refractivity contribution < 1.29 is 17.9 Å². The molecule has 2 N–H and O–H groups in total. The van der Waals surface area contributed by atoms with Gasteiger partial charge in [-0.2, -0.15) is 22.0 Å². The first-order valence-electron chi connectivity index (χ1n) is 11.7. The van der Waals surface area contributed by atoms with Gasteiger partial charge in [0.15, 0.2) is 11.5 Å². The van der Waals surface area contributed by atoms with Crippen molar-refractivity contribution in [3.05, 3.63) is 48.0 Å². The van der Waals surface area contributed by atoms with E-state index in [4.69, 9.17) is 20.2 Å². The highest BCUT2D eigenvalue weighted by molar-refractivity contribution is 7.86. The summed E-state index contributed by atoms with van der Waals surface area (Å²) < 4.78 is 39.1. The maximum absolute atomic E-state index is 12.7. The molecule has 11 heteroatoms. The molecule has 3 aromatic rings. The van der Waals surface area contributed by atoms with Gasteiger partial charge in [0, 0.05) is 57.6 Å². The second kappa shape index (κ2) is 10.1. The van der Waals surface area contributed by atoms with Crippen LogP contribution in [0.25, 0.3) is 10.9 Å². The molecule has 36 heavy (non-hydrogen) atoms. The molecule has 0 saturated carbocycles. The third-order valence-corrected chi connectivity index (χ3v) is 8.89. The Labute approximate surface area is 212 Å². The summed E-state index contributed by atoms with van der Waals surface area (Å²) in [6.45, 7) is 1.47. The molecule has 194 valence electrons. The minimum atomic E-state index is -3.47. The van der Waals surface area contributed by atoms with Crippen molar-refractivity contribution in [2.75, 3.05) is 65.6 Å². The Morgan fingerprint density at radius 1 is 1.00 bits per heavy atom. The van der Waals surface area contributed by atoms with Crippen LogP contribution in [-0.2, 0) is 15.6 Å². The van der Waals surface area contributed by atoms with Crippen LogP contribution in [-0.4, -0.2) is 82.0 Å². The highest BCUT2D eigenvalue weighted by atomic mass is 32.2. The van der Waals surface area contributed by atoms with Crippen molar-refractivity contribution in [1.82, 2.24) is 18.6 Å². The SMILES string of the molecule is COc1cc2nc(N(C)CC3(c4ccccc4)CCN(S(=O)(=O)N(C)C)CC3)nc(N)c2cc1OC. The number of likely N-dealkylation sites (N-methyl/N-ethyl adjacent to an activating group) is 1. The van der Waals surface area contributed by atoms with Crippen LogP contribution in [0.15, 0.2) is 42.5 Å². The first kappa shape index (κ1) is 25.9. The number of nitrogens with zero attached hydrogens (tertiary/aromatic N) is 5. The zero-order chi connectivity index (χ0) is 26.1. The molecule has 1 fully saturated rings. The van der Waals surface area contributed by atoms with Gasteiger partial charge in [-0.25, -0.2) is 4.98 Å². The summed E-state index contributed by atoms with van der Waals surface area (Å²) >= 11 is 0. The number of rotatable bonds is 8. The lowest BCUT2D eigenvalue weighted by molar-refractivity contribution is 0.228. The van der Waals surface area contributed by atoms with Crippen LogP contribution >= 0.6 is 0 Å². The fourth-order valence-corrected chi connectivity index (χ4v) is 5.97. The van der Waals surface area contributed by atoms with Crippen LogP contribution in [0.5, 0.6) is 11.5 Å². The van der Waals surface area contributed by atoms with Crippen molar-refractivity contribution in [3.8, 4) is 11.5 Å². The van der Waals surface area contributed by atoms with Gasteiger partial charge in [-0.15, -0.1) is 0 Å². The molecule has 1 aliphatic heterocycles. The molecule has 0 radical (unpaired) electrons. The molecule has 0 amide bonds. The average Bonchev–Trinajstić information content (AvgIpc) is 2.88. The number of hydrogen-bond donors (Lipinski definition) is 1. The van der Waals surface area contributed by atoms with Gasteiger partial charge in [0.25, 0.3) is 10.2 Å². The maximum atomic E-state index is 12.7. The number of nitrogen functional groups attached to an aromatic ring is 1. The highest BCUT2D eigenvalue weighted by Crippen LogP contribution is 2.39. The van der Waals surface area contributed by atoms with Crippen LogP contribution in [0.1, 0.15) is 18.4 Å². The fourth-order valence-electron chi connectivity index (χ4n) is 4.87. The number of aromatic nitrogens is 2. The standard InChI is InChI=1S/C25H34N6O4S/c1-29(2)36(32,33)31-13-11-25(12-14-31,18-9-7-6-8-10-18)17-30(3)24-27-20-16-22(35-5)21(34-4)15-19(20)23(26)28-24/h6-10,15-16H,11-14,17H2,1-5H3,(H2,26,27,28).